The fourth-order valence-electron chi connectivity index (χ4n) is 2.07. The molecule has 0 amide bonds. The van der Waals surface area contributed by atoms with Gasteiger partial charge in [-0.25, -0.2) is 4.39 Å². The van der Waals surface area contributed by atoms with E-state index in [9.17, 15) is 4.39 Å². The Kier molecular flexibility index (Phi) is 3.21. The molecule has 0 aliphatic carbocycles. The molecule has 1 aromatic carbocycles. The second-order valence-corrected chi connectivity index (χ2v) is 4.18. The van der Waals surface area contributed by atoms with Crippen molar-refractivity contribution in [3.63, 3.8) is 0 Å². The summed E-state index contributed by atoms with van der Waals surface area (Å²) in [7, 11) is 0. The van der Waals surface area contributed by atoms with Gasteiger partial charge in [-0.05, 0) is 49.7 Å². The maximum absolute atomic E-state index is 13.0. The molecule has 0 unspecified atom stereocenters. The summed E-state index contributed by atoms with van der Waals surface area (Å²) in [6.07, 6.45) is 3.81. The molecule has 1 aliphatic rings. The van der Waals surface area contributed by atoms with Crippen LogP contribution in [0.3, 0.4) is 0 Å². The van der Waals surface area contributed by atoms with Crippen LogP contribution < -0.4 is 5.73 Å². The van der Waals surface area contributed by atoms with Crippen LogP contribution in [0, 0.1) is 5.82 Å². The monoisotopic (exact) mass is 208 g/mol. The average molecular weight is 208 g/mol. The van der Waals surface area contributed by atoms with E-state index in [0.717, 1.165) is 25.2 Å². The standard InChI is InChI=1S/C12H17FN2/c13-11-4-5-12(14)10(8-11)9-15-6-2-1-3-7-15/h4-5,8H,1-3,6-7,9,14H2. The van der Waals surface area contributed by atoms with Crippen LogP contribution in [0.25, 0.3) is 0 Å². The van der Waals surface area contributed by atoms with E-state index in [-0.39, 0.29) is 5.82 Å². The Morgan fingerprint density at radius 2 is 1.93 bits per heavy atom. The fraction of sp³-hybridized carbons (Fsp3) is 0.500. The molecule has 1 saturated heterocycles. The minimum Gasteiger partial charge on any atom is -0.398 e. The molecule has 1 aliphatic heterocycles. The second kappa shape index (κ2) is 4.62. The van der Waals surface area contributed by atoms with Crippen molar-refractivity contribution in [1.82, 2.24) is 4.90 Å². The van der Waals surface area contributed by atoms with Crippen LogP contribution >= 0.6 is 0 Å². The highest BCUT2D eigenvalue weighted by Crippen LogP contribution is 2.18. The minimum absolute atomic E-state index is 0.198. The van der Waals surface area contributed by atoms with Crippen molar-refractivity contribution in [2.45, 2.75) is 25.8 Å². The van der Waals surface area contributed by atoms with Gasteiger partial charge >= 0.3 is 0 Å². The summed E-state index contributed by atoms with van der Waals surface area (Å²) >= 11 is 0. The van der Waals surface area contributed by atoms with Gasteiger partial charge in [-0.1, -0.05) is 6.42 Å². The molecule has 15 heavy (non-hydrogen) atoms. The quantitative estimate of drug-likeness (QED) is 0.756. The third-order valence-corrected chi connectivity index (χ3v) is 2.95. The highest BCUT2D eigenvalue weighted by Gasteiger charge is 2.12. The van der Waals surface area contributed by atoms with Crippen molar-refractivity contribution in [1.29, 1.82) is 0 Å². The topological polar surface area (TPSA) is 29.3 Å². The Hall–Kier alpha value is -1.09. The molecule has 1 fully saturated rings. The first-order chi connectivity index (χ1) is 7.25. The third-order valence-electron chi connectivity index (χ3n) is 2.95. The third kappa shape index (κ3) is 2.69. The summed E-state index contributed by atoms with van der Waals surface area (Å²) in [4.78, 5) is 2.34. The maximum atomic E-state index is 13.0. The summed E-state index contributed by atoms with van der Waals surface area (Å²) in [5, 5.41) is 0. The molecule has 1 aromatic rings. The molecule has 2 N–H and O–H groups in total. The number of benzene rings is 1. The Labute approximate surface area is 89.9 Å². The molecular formula is C12H17FN2. The van der Waals surface area contributed by atoms with E-state index in [2.05, 4.69) is 4.90 Å². The SMILES string of the molecule is Nc1ccc(F)cc1CN1CCCCC1. The van der Waals surface area contributed by atoms with E-state index < -0.39 is 0 Å². The Balaban J connectivity index is 2.05. The molecular weight excluding hydrogens is 191 g/mol. The van der Waals surface area contributed by atoms with Gasteiger partial charge in [0.1, 0.15) is 5.82 Å². The van der Waals surface area contributed by atoms with E-state index in [0.29, 0.717) is 5.69 Å². The van der Waals surface area contributed by atoms with Gasteiger partial charge in [-0.3, -0.25) is 4.90 Å². The lowest BCUT2D eigenvalue weighted by Crippen LogP contribution is -2.29. The van der Waals surface area contributed by atoms with Crippen LogP contribution in [0.1, 0.15) is 24.8 Å². The van der Waals surface area contributed by atoms with E-state index in [1.165, 1.54) is 25.3 Å². The Morgan fingerprint density at radius 3 is 2.67 bits per heavy atom. The number of hydrogen-bond acceptors (Lipinski definition) is 2. The van der Waals surface area contributed by atoms with Crippen molar-refractivity contribution < 1.29 is 4.39 Å². The molecule has 0 atom stereocenters. The van der Waals surface area contributed by atoms with Crippen molar-refractivity contribution >= 4 is 5.69 Å². The normalized spacial score (nSPS) is 17.9. The van der Waals surface area contributed by atoms with Gasteiger partial charge in [-0.2, -0.15) is 0 Å². The van der Waals surface area contributed by atoms with Gasteiger partial charge in [0.25, 0.3) is 0 Å². The molecule has 0 saturated carbocycles. The van der Waals surface area contributed by atoms with Crippen LogP contribution in [0.5, 0.6) is 0 Å². The Bertz CT molecular complexity index is 332. The number of hydrogen-bond donors (Lipinski definition) is 1. The van der Waals surface area contributed by atoms with Gasteiger partial charge in [0.2, 0.25) is 0 Å². The highest BCUT2D eigenvalue weighted by molar-refractivity contribution is 5.46. The fourth-order valence-corrected chi connectivity index (χ4v) is 2.07. The lowest BCUT2D eigenvalue weighted by Gasteiger charge is -2.26. The van der Waals surface area contributed by atoms with Crippen molar-refractivity contribution in [3.8, 4) is 0 Å². The lowest BCUT2D eigenvalue weighted by atomic mass is 10.1. The first-order valence-electron chi connectivity index (χ1n) is 5.52. The summed E-state index contributed by atoms with van der Waals surface area (Å²) in [5.74, 6) is -0.198. The highest BCUT2D eigenvalue weighted by atomic mass is 19.1. The summed E-state index contributed by atoms with van der Waals surface area (Å²) in [6.45, 7) is 3.00. The number of nitrogen functional groups attached to an aromatic ring is 1. The van der Waals surface area contributed by atoms with Crippen LogP contribution in [0.4, 0.5) is 10.1 Å². The van der Waals surface area contributed by atoms with Crippen LogP contribution in [-0.2, 0) is 6.54 Å². The van der Waals surface area contributed by atoms with Crippen molar-refractivity contribution in [2.75, 3.05) is 18.8 Å². The number of likely N-dealkylation sites (tertiary alicyclic amines) is 1. The second-order valence-electron chi connectivity index (χ2n) is 4.18. The zero-order valence-corrected chi connectivity index (χ0v) is 8.88. The molecule has 3 heteroatoms. The zero-order valence-electron chi connectivity index (χ0n) is 8.88. The number of rotatable bonds is 2. The molecule has 1 heterocycles. The molecule has 0 radical (unpaired) electrons. The number of piperidine rings is 1. The molecule has 0 bridgehead atoms. The van der Waals surface area contributed by atoms with Gasteiger partial charge < -0.3 is 5.73 Å². The van der Waals surface area contributed by atoms with Gasteiger partial charge in [0.15, 0.2) is 0 Å². The van der Waals surface area contributed by atoms with E-state index in [1.807, 2.05) is 0 Å². The van der Waals surface area contributed by atoms with Crippen LogP contribution in [0.2, 0.25) is 0 Å². The zero-order chi connectivity index (χ0) is 10.7. The Morgan fingerprint density at radius 1 is 1.20 bits per heavy atom. The van der Waals surface area contributed by atoms with Crippen molar-refractivity contribution in [3.05, 3.63) is 29.6 Å². The van der Waals surface area contributed by atoms with Gasteiger partial charge in [-0.15, -0.1) is 0 Å². The summed E-state index contributed by atoms with van der Waals surface area (Å²) < 4.78 is 13.0. The smallest absolute Gasteiger partial charge is 0.123 e. The predicted molar refractivity (Wildman–Crippen MR) is 59.9 cm³/mol. The average Bonchev–Trinajstić information content (AvgIpc) is 2.25. The first kappa shape index (κ1) is 10.4. The minimum atomic E-state index is -0.198. The lowest BCUT2D eigenvalue weighted by molar-refractivity contribution is 0.221. The van der Waals surface area contributed by atoms with Gasteiger partial charge in [0, 0.05) is 12.2 Å². The number of nitrogens with two attached hydrogens (primary N) is 1. The van der Waals surface area contributed by atoms with E-state index in [4.69, 9.17) is 5.73 Å². The van der Waals surface area contributed by atoms with E-state index in [1.54, 1.807) is 12.1 Å². The predicted octanol–water partition coefficient (Wildman–Crippen LogP) is 2.39. The number of halogens is 1. The maximum Gasteiger partial charge on any atom is 0.123 e. The number of nitrogens with zero attached hydrogens (tertiary/aromatic N) is 1. The molecule has 2 rings (SSSR count). The molecule has 0 spiro atoms. The molecule has 0 aromatic heterocycles. The summed E-state index contributed by atoms with van der Waals surface area (Å²) in [5.41, 5.74) is 7.42. The largest absolute Gasteiger partial charge is 0.398 e. The summed E-state index contributed by atoms with van der Waals surface area (Å²) in [6, 6.07) is 4.60. The van der Waals surface area contributed by atoms with Crippen molar-refractivity contribution in [2.24, 2.45) is 0 Å². The molecule has 82 valence electrons. The number of anilines is 1. The van der Waals surface area contributed by atoms with Crippen LogP contribution in [0.15, 0.2) is 18.2 Å². The first-order valence-corrected chi connectivity index (χ1v) is 5.52. The van der Waals surface area contributed by atoms with Gasteiger partial charge in [0.05, 0.1) is 0 Å². The molecule has 2 nitrogen and oxygen atoms in total. The van der Waals surface area contributed by atoms with Crippen LogP contribution in [-0.4, -0.2) is 18.0 Å². The van der Waals surface area contributed by atoms with E-state index >= 15 is 0 Å².